The molecule has 0 aliphatic carbocycles. The van der Waals surface area contributed by atoms with Gasteiger partial charge in [0.2, 0.25) is 5.79 Å². The van der Waals surface area contributed by atoms with Crippen molar-refractivity contribution in [3.63, 3.8) is 0 Å². The van der Waals surface area contributed by atoms with Crippen LogP contribution in [0.5, 0.6) is 5.75 Å². The first-order chi connectivity index (χ1) is 12.6. The standard InChI is InChI=1S/C21H23NO4/c1-20(2)19(22-24-15-16-9-4-3-5-10-16)25-21(26-20)13-8-14-23-18-12-7-6-11-17(18)21/h3-7,9-12H,8,13-15H2,1-2H3/b22-19-/t21-/m0/s1. The molecule has 2 aliphatic rings. The van der Waals surface area contributed by atoms with E-state index in [0.29, 0.717) is 25.5 Å². The van der Waals surface area contributed by atoms with Gasteiger partial charge in [-0.2, -0.15) is 0 Å². The highest BCUT2D eigenvalue weighted by Crippen LogP contribution is 2.48. The van der Waals surface area contributed by atoms with Crippen LogP contribution in [0.4, 0.5) is 0 Å². The molecule has 4 rings (SSSR count). The molecule has 0 unspecified atom stereocenters. The molecule has 5 nitrogen and oxygen atoms in total. The van der Waals surface area contributed by atoms with E-state index in [4.69, 9.17) is 19.0 Å². The van der Waals surface area contributed by atoms with Crippen molar-refractivity contribution in [2.75, 3.05) is 6.61 Å². The maximum absolute atomic E-state index is 6.39. The topological polar surface area (TPSA) is 49.3 Å². The van der Waals surface area contributed by atoms with Gasteiger partial charge in [-0.05, 0) is 43.1 Å². The van der Waals surface area contributed by atoms with E-state index in [1.807, 2.05) is 68.4 Å². The second kappa shape index (κ2) is 6.65. The van der Waals surface area contributed by atoms with Crippen molar-refractivity contribution >= 4 is 5.90 Å². The van der Waals surface area contributed by atoms with Crippen molar-refractivity contribution in [2.24, 2.45) is 5.16 Å². The second-order valence-corrected chi connectivity index (χ2v) is 7.07. The highest BCUT2D eigenvalue weighted by Gasteiger charge is 2.54. The average molecular weight is 353 g/mol. The summed E-state index contributed by atoms with van der Waals surface area (Å²) in [5.74, 6) is 0.364. The average Bonchev–Trinajstić information content (AvgIpc) is 2.79. The molecule has 2 heterocycles. The molecule has 136 valence electrons. The molecule has 5 heteroatoms. The molecule has 1 atom stereocenters. The lowest BCUT2D eigenvalue weighted by Gasteiger charge is -2.27. The van der Waals surface area contributed by atoms with E-state index in [-0.39, 0.29) is 0 Å². The van der Waals surface area contributed by atoms with Gasteiger partial charge in [0, 0.05) is 6.42 Å². The van der Waals surface area contributed by atoms with E-state index in [1.165, 1.54) is 0 Å². The lowest BCUT2D eigenvalue weighted by Crippen LogP contribution is -2.31. The van der Waals surface area contributed by atoms with Gasteiger partial charge in [0.05, 0.1) is 12.2 Å². The second-order valence-electron chi connectivity index (χ2n) is 7.07. The fraction of sp³-hybridized carbons (Fsp3) is 0.381. The molecule has 26 heavy (non-hydrogen) atoms. The minimum absolute atomic E-state index is 0.385. The third-order valence-corrected chi connectivity index (χ3v) is 4.62. The molecule has 2 aliphatic heterocycles. The van der Waals surface area contributed by atoms with Crippen molar-refractivity contribution in [1.82, 2.24) is 0 Å². The highest BCUT2D eigenvalue weighted by atomic mass is 16.8. The Morgan fingerprint density at radius 2 is 1.81 bits per heavy atom. The molecule has 1 fully saturated rings. The van der Waals surface area contributed by atoms with Gasteiger partial charge < -0.3 is 19.0 Å². The number of hydrogen-bond donors (Lipinski definition) is 0. The molecule has 2 aromatic carbocycles. The fourth-order valence-corrected chi connectivity index (χ4v) is 3.36. The van der Waals surface area contributed by atoms with Crippen molar-refractivity contribution in [3.05, 3.63) is 65.7 Å². The van der Waals surface area contributed by atoms with Gasteiger partial charge in [-0.25, -0.2) is 0 Å². The third-order valence-electron chi connectivity index (χ3n) is 4.62. The van der Waals surface area contributed by atoms with Crippen molar-refractivity contribution in [3.8, 4) is 5.75 Å². The van der Waals surface area contributed by atoms with Crippen molar-refractivity contribution < 1.29 is 19.0 Å². The summed E-state index contributed by atoms with van der Waals surface area (Å²) in [7, 11) is 0. The first-order valence-corrected chi connectivity index (χ1v) is 8.95. The first-order valence-electron chi connectivity index (χ1n) is 8.95. The van der Waals surface area contributed by atoms with Gasteiger partial charge >= 0.3 is 0 Å². The molecule has 1 spiro atoms. The lowest BCUT2D eigenvalue weighted by atomic mass is 10.0. The van der Waals surface area contributed by atoms with Crippen LogP contribution in [0.3, 0.4) is 0 Å². The summed E-state index contributed by atoms with van der Waals surface area (Å²) in [5.41, 5.74) is 1.27. The molecule has 2 aromatic rings. The summed E-state index contributed by atoms with van der Waals surface area (Å²) < 4.78 is 18.5. The van der Waals surface area contributed by atoms with Gasteiger partial charge in [-0.1, -0.05) is 42.5 Å². The van der Waals surface area contributed by atoms with Crippen LogP contribution in [0.1, 0.15) is 37.8 Å². The zero-order chi connectivity index (χ0) is 18.0. The summed E-state index contributed by atoms with van der Waals surface area (Å²) in [6, 6.07) is 17.8. The molecule has 0 N–H and O–H groups in total. The van der Waals surface area contributed by atoms with Crippen LogP contribution >= 0.6 is 0 Å². The zero-order valence-electron chi connectivity index (χ0n) is 15.1. The summed E-state index contributed by atoms with van der Waals surface area (Å²) in [4.78, 5) is 5.54. The Labute approximate surface area is 153 Å². The number of ether oxygens (including phenoxy) is 3. The monoisotopic (exact) mass is 353 g/mol. The van der Waals surface area contributed by atoms with Gasteiger partial charge in [0.25, 0.3) is 5.90 Å². The first kappa shape index (κ1) is 16.9. The van der Waals surface area contributed by atoms with Crippen LogP contribution in [-0.4, -0.2) is 18.1 Å². The van der Waals surface area contributed by atoms with Crippen LogP contribution in [0.25, 0.3) is 0 Å². The van der Waals surface area contributed by atoms with Gasteiger partial charge in [0.1, 0.15) is 18.0 Å². The van der Waals surface area contributed by atoms with Crippen LogP contribution in [-0.2, 0) is 26.7 Å². The summed E-state index contributed by atoms with van der Waals surface area (Å²) in [6.45, 7) is 4.92. The van der Waals surface area contributed by atoms with Gasteiger partial charge in [-0.3, -0.25) is 0 Å². The molecule has 0 bridgehead atoms. The number of oxime groups is 1. The van der Waals surface area contributed by atoms with Crippen LogP contribution < -0.4 is 4.74 Å². The molecule has 0 amide bonds. The quantitative estimate of drug-likeness (QED) is 0.769. The number of fused-ring (bicyclic) bond motifs is 2. The van der Waals surface area contributed by atoms with Gasteiger partial charge in [0.15, 0.2) is 0 Å². The third kappa shape index (κ3) is 3.15. The van der Waals surface area contributed by atoms with E-state index < -0.39 is 11.4 Å². The SMILES string of the molecule is CC1(C)O[C@]2(CCCOc3ccccc32)O/C1=N\OCc1ccccc1. The number of benzene rings is 2. The van der Waals surface area contributed by atoms with E-state index >= 15 is 0 Å². The Morgan fingerprint density at radius 1 is 1.04 bits per heavy atom. The van der Waals surface area contributed by atoms with Crippen molar-refractivity contribution in [2.45, 2.75) is 44.7 Å². The van der Waals surface area contributed by atoms with E-state index in [2.05, 4.69) is 5.16 Å². The summed E-state index contributed by atoms with van der Waals surface area (Å²) >= 11 is 0. The zero-order valence-corrected chi connectivity index (χ0v) is 15.1. The maximum Gasteiger partial charge on any atom is 0.260 e. The molecular weight excluding hydrogens is 330 g/mol. The van der Waals surface area contributed by atoms with E-state index in [1.54, 1.807) is 0 Å². The predicted octanol–water partition coefficient (Wildman–Crippen LogP) is 4.37. The molecular formula is C21H23NO4. The lowest BCUT2D eigenvalue weighted by molar-refractivity contribution is -0.189. The largest absolute Gasteiger partial charge is 0.493 e. The predicted molar refractivity (Wildman–Crippen MR) is 97.8 cm³/mol. The van der Waals surface area contributed by atoms with Crippen LogP contribution in [0, 0.1) is 0 Å². The molecule has 1 saturated heterocycles. The van der Waals surface area contributed by atoms with E-state index in [9.17, 15) is 0 Å². The molecule has 0 radical (unpaired) electrons. The number of rotatable bonds is 3. The van der Waals surface area contributed by atoms with Gasteiger partial charge in [-0.15, -0.1) is 0 Å². The number of para-hydroxylation sites is 1. The molecule has 0 saturated carbocycles. The minimum Gasteiger partial charge on any atom is -0.493 e. The maximum atomic E-state index is 6.39. The Bertz CT molecular complexity index is 803. The number of hydrogen-bond acceptors (Lipinski definition) is 5. The minimum atomic E-state index is -0.883. The number of nitrogens with zero attached hydrogens (tertiary/aromatic N) is 1. The van der Waals surface area contributed by atoms with E-state index in [0.717, 1.165) is 23.3 Å². The van der Waals surface area contributed by atoms with Crippen molar-refractivity contribution in [1.29, 1.82) is 0 Å². The Balaban J connectivity index is 1.58. The normalized spacial score (nSPS) is 25.2. The Kier molecular flexibility index (Phi) is 4.32. The molecule has 0 aromatic heterocycles. The summed E-state index contributed by atoms with van der Waals surface area (Å²) in [5, 5.41) is 4.25. The van der Waals surface area contributed by atoms with Crippen LogP contribution in [0.2, 0.25) is 0 Å². The van der Waals surface area contributed by atoms with Crippen LogP contribution in [0.15, 0.2) is 59.8 Å². The highest BCUT2D eigenvalue weighted by molar-refractivity contribution is 5.86. The fourth-order valence-electron chi connectivity index (χ4n) is 3.36. The Morgan fingerprint density at radius 3 is 2.65 bits per heavy atom. The Hall–Kier alpha value is -2.53. The summed E-state index contributed by atoms with van der Waals surface area (Å²) in [6.07, 6.45) is 1.54. The smallest absolute Gasteiger partial charge is 0.260 e.